The standard InChI is InChI=1S/C12H13ClO3/c1-12(2)9(10(12)11(15)16)8-6(13)4-3-5-7(8)14/h3-5,9-10,14H,1-2H3,(H,15,16). The molecule has 3 nitrogen and oxygen atoms in total. The molecule has 2 rings (SSSR count). The second-order valence-corrected chi connectivity index (χ2v) is 5.19. The van der Waals surface area contributed by atoms with Crippen LogP contribution in [0.25, 0.3) is 0 Å². The van der Waals surface area contributed by atoms with Crippen LogP contribution in [0.4, 0.5) is 0 Å². The van der Waals surface area contributed by atoms with Crippen molar-refractivity contribution in [2.24, 2.45) is 11.3 Å². The Morgan fingerprint density at radius 1 is 1.44 bits per heavy atom. The summed E-state index contributed by atoms with van der Waals surface area (Å²) in [7, 11) is 0. The first kappa shape index (κ1) is 11.3. The molecule has 2 N–H and O–H groups in total. The lowest BCUT2D eigenvalue weighted by Crippen LogP contribution is -2.03. The molecule has 1 saturated carbocycles. The maximum atomic E-state index is 11.1. The zero-order chi connectivity index (χ0) is 12.1. The lowest BCUT2D eigenvalue weighted by molar-refractivity contribution is -0.139. The van der Waals surface area contributed by atoms with Crippen molar-refractivity contribution in [1.29, 1.82) is 0 Å². The van der Waals surface area contributed by atoms with Crippen LogP contribution in [0.1, 0.15) is 25.3 Å². The predicted octanol–water partition coefficient (Wildman–Crippen LogP) is 2.87. The fourth-order valence-corrected chi connectivity index (χ4v) is 2.76. The number of rotatable bonds is 2. The van der Waals surface area contributed by atoms with Crippen molar-refractivity contribution in [3.8, 4) is 5.75 Å². The first-order valence-corrected chi connectivity index (χ1v) is 5.45. The van der Waals surface area contributed by atoms with Crippen LogP contribution in [0.3, 0.4) is 0 Å². The second-order valence-electron chi connectivity index (χ2n) is 4.79. The van der Waals surface area contributed by atoms with Crippen LogP contribution >= 0.6 is 11.6 Å². The topological polar surface area (TPSA) is 57.5 Å². The summed E-state index contributed by atoms with van der Waals surface area (Å²) in [4.78, 5) is 11.1. The summed E-state index contributed by atoms with van der Waals surface area (Å²) in [6.45, 7) is 3.75. The van der Waals surface area contributed by atoms with Gasteiger partial charge in [0.05, 0.1) is 5.92 Å². The van der Waals surface area contributed by atoms with Gasteiger partial charge >= 0.3 is 5.97 Å². The first-order chi connectivity index (χ1) is 7.37. The molecule has 2 atom stereocenters. The molecule has 16 heavy (non-hydrogen) atoms. The molecular formula is C12H13ClO3. The van der Waals surface area contributed by atoms with Gasteiger partial charge in [-0.05, 0) is 17.5 Å². The Hall–Kier alpha value is -1.22. The Labute approximate surface area is 98.7 Å². The summed E-state index contributed by atoms with van der Waals surface area (Å²) >= 11 is 6.01. The number of carboxylic acid groups (broad SMARTS) is 1. The van der Waals surface area contributed by atoms with E-state index >= 15 is 0 Å². The first-order valence-electron chi connectivity index (χ1n) is 5.07. The van der Waals surface area contributed by atoms with Crippen molar-refractivity contribution in [2.75, 3.05) is 0 Å². The molecule has 0 radical (unpaired) electrons. The van der Waals surface area contributed by atoms with Crippen LogP contribution in [0.5, 0.6) is 5.75 Å². The minimum atomic E-state index is -0.839. The van der Waals surface area contributed by atoms with Crippen molar-refractivity contribution in [2.45, 2.75) is 19.8 Å². The van der Waals surface area contributed by atoms with Crippen LogP contribution in [-0.4, -0.2) is 16.2 Å². The van der Waals surface area contributed by atoms with E-state index in [0.717, 1.165) is 0 Å². The molecule has 2 unspecified atom stereocenters. The molecule has 0 heterocycles. The molecule has 1 aliphatic carbocycles. The summed E-state index contributed by atoms with van der Waals surface area (Å²) < 4.78 is 0. The summed E-state index contributed by atoms with van der Waals surface area (Å²) in [5, 5.41) is 19.3. The highest BCUT2D eigenvalue weighted by Crippen LogP contribution is 2.66. The van der Waals surface area contributed by atoms with Gasteiger partial charge in [-0.1, -0.05) is 31.5 Å². The van der Waals surface area contributed by atoms with E-state index in [-0.39, 0.29) is 17.1 Å². The van der Waals surface area contributed by atoms with Gasteiger partial charge in [0.1, 0.15) is 5.75 Å². The summed E-state index contributed by atoms with van der Waals surface area (Å²) in [5.74, 6) is -1.44. The van der Waals surface area contributed by atoms with Crippen molar-refractivity contribution < 1.29 is 15.0 Å². The second kappa shape index (κ2) is 3.39. The van der Waals surface area contributed by atoms with Gasteiger partial charge in [-0.25, -0.2) is 0 Å². The minimum Gasteiger partial charge on any atom is -0.508 e. The molecule has 1 aliphatic rings. The van der Waals surface area contributed by atoms with Gasteiger partial charge in [0.2, 0.25) is 0 Å². The number of aromatic hydroxyl groups is 1. The Morgan fingerprint density at radius 3 is 2.50 bits per heavy atom. The molecule has 4 heteroatoms. The number of benzene rings is 1. The molecule has 0 amide bonds. The maximum absolute atomic E-state index is 11.1. The van der Waals surface area contributed by atoms with E-state index in [4.69, 9.17) is 16.7 Å². The van der Waals surface area contributed by atoms with Gasteiger partial charge in [-0.15, -0.1) is 0 Å². The van der Waals surface area contributed by atoms with Crippen LogP contribution in [0, 0.1) is 11.3 Å². The molecule has 1 aromatic rings. The molecule has 0 spiro atoms. The van der Waals surface area contributed by atoms with E-state index in [0.29, 0.717) is 10.6 Å². The highest BCUT2D eigenvalue weighted by Gasteiger charge is 2.63. The largest absolute Gasteiger partial charge is 0.508 e. The normalized spacial score (nSPS) is 26.4. The number of hydrogen-bond donors (Lipinski definition) is 2. The monoisotopic (exact) mass is 240 g/mol. The minimum absolute atomic E-state index is 0.0781. The fraction of sp³-hybridized carbons (Fsp3) is 0.417. The van der Waals surface area contributed by atoms with Gasteiger partial charge in [-0.3, -0.25) is 4.79 Å². The molecule has 86 valence electrons. The van der Waals surface area contributed by atoms with Crippen LogP contribution < -0.4 is 0 Å². The SMILES string of the molecule is CC1(C)C(C(=O)O)C1c1c(O)cccc1Cl. The molecule has 0 bridgehead atoms. The van der Waals surface area contributed by atoms with E-state index in [9.17, 15) is 9.90 Å². The number of halogens is 1. The van der Waals surface area contributed by atoms with Gasteiger partial charge < -0.3 is 10.2 Å². The van der Waals surface area contributed by atoms with Gasteiger partial charge in [-0.2, -0.15) is 0 Å². The van der Waals surface area contributed by atoms with Gasteiger partial charge in [0, 0.05) is 16.5 Å². The quantitative estimate of drug-likeness (QED) is 0.836. The smallest absolute Gasteiger partial charge is 0.307 e. The number of carbonyl (C=O) groups is 1. The van der Waals surface area contributed by atoms with Crippen LogP contribution in [0.2, 0.25) is 5.02 Å². The molecule has 0 aromatic heterocycles. The Morgan fingerprint density at radius 2 is 2.06 bits per heavy atom. The molecule has 0 aliphatic heterocycles. The number of hydrogen-bond acceptors (Lipinski definition) is 2. The zero-order valence-corrected chi connectivity index (χ0v) is 9.82. The van der Waals surface area contributed by atoms with Gasteiger partial charge in [0.25, 0.3) is 0 Å². The highest BCUT2D eigenvalue weighted by atomic mass is 35.5. The van der Waals surface area contributed by atoms with E-state index < -0.39 is 11.9 Å². The third-order valence-electron chi connectivity index (χ3n) is 3.43. The van der Waals surface area contributed by atoms with Gasteiger partial charge in [0.15, 0.2) is 0 Å². The zero-order valence-electron chi connectivity index (χ0n) is 9.07. The lowest BCUT2D eigenvalue weighted by Gasteiger charge is -2.07. The molecular weight excluding hydrogens is 228 g/mol. The summed E-state index contributed by atoms with van der Waals surface area (Å²) in [5.41, 5.74) is 0.204. The maximum Gasteiger partial charge on any atom is 0.307 e. The van der Waals surface area contributed by atoms with E-state index in [1.165, 1.54) is 6.07 Å². The predicted molar refractivity (Wildman–Crippen MR) is 60.8 cm³/mol. The number of phenols is 1. The van der Waals surface area contributed by atoms with Crippen molar-refractivity contribution in [3.05, 3.63) is 28.8 Å². The number of phenolic OH excluding ortho intramolecular Hbond substituents is 1. The van der Waals surface area contributed by atoms with E-state index in [1.54, 1.807) is 12.1 Å². The number of aliphatic carboxylic acids is 1. The highest BCUT2D eigenvalue weighted by molar-refractivity contribution is 6.31. The molecule has 0 saturated heterocycles. The number of carboxylic acids is 1. The van der Waals surface area contributed by atoms with Crippen LogP contribution in [0.15, 0.2) is 18.2 Å². The van der Waals surface area contributed by atoms with Crippen molar-refractivity contribution in [3.63, 3.8) is 0 Å². The third-order valence-corrected chi connectivity index (χ3v) is 3.76. The van der Waals surface area contributed by atoms with Crippen molar-refractivity contribution >= 4 is 17.6 Å². The summed E-state index contributed by atoms with van der Waals surface area (Å²) in [6.07, 6.45) is 0. The summed E-state index contributed by atoms with van der Waals surface area (Å²) in [6, 6.07) is 4.85. The lowest BCUT2D eigenvalue weighted by atomic mass is 10.0. The van der Waals surface area contributed by atoms with Crippen LogP contribution in [-0.2, 0) is 4.79 Å². The Balaban J connectivity index is 2.45. The van der Waals surface area contributed by atoms with Crippen molar-refractivity contribution in [1.82, 2.24) is 0 Å². The van der Waals surface area contributed by atoms with E-state index in [2.05, 4.69) is 0 Å². The fourth-order valence-electron chi connectivity index (χ4n) is 2.47. The average molecular weight is 241 g/mol. The molecule has 1 fully saturated rings. The Bertz CT molecular complexity index is 433. The Kier molecular flexibility index (Phi) is 2.39. The third kappa shape index (κ3) is 1.47. The van der Waals surface area contributed by atoms with E-state index in [1.807, 2.05) is 13.8 Å². The molecule has 1 aromatic carbocycles. The average Bonchev–Trinajstić information content (AvgIpc) is 2.69.